The van der Waals surface area contributed by atoms with Crippen LogP contribution in [0.4, 0.5) is 23.7 Å². The Hall–Kier alpha value is -3.02. The zero-order valence-corrected chi connectivity index (χ0v) is 27.6. The molecular weight excluding hydrogens is 633 g/mol. The normalized spacial score (nSPS) is 12.8. The summed E-state index contributed by atoms with van der Waals surface area (Å²) in [6.45, 7) is 7.02. The zero-order chi connectivity index (χ0) is 32.4. The lowest BCUT2D eigenvalue weighted by Gasteiger charge is -2.32. The highest BCUT2D eigenvalue weighted by Crippen LogP contribution is 2.40. The van der Waals surface area contributed by atoms with Gasteiger partial charge in [-0.05, 0) is 118 Å². The first kappa shape index (κ1) is 35.5. The van der Waals surface area contributed by atoms with E-state index >= 15 is 4.39 Å². The van der Waals surface area contributed by atoms with Gasteiger partial charge >= 0.3 is 12.1 Å². The number of amides is 1. The molecule has 0 aliphatic carbocycles. The van der Waals surface area contributed by atoms with Gasteiger partial charge in [-0.15, -0.1) is 0 Å². The summed E-state index contributed by atoms with van der Waals surface area (Å²) in [7, 11) is 1.24. The number of hydrogen-bond donors (Lipinski definition) is 1. The fourth-order valence-corrected chi connectivity index (χ4v) is 6.34. The number of esters is 1. The number of nitrogens with one attached hydrogen (secondary N) is 1. The third kappa shape index (κ3) is 10.9. The lowest BCUT2D eigenvalue weighted by atomic mass is 9.97. The molecular formula is C32H36ClF3N2O4S2. The quantitative estimate of drug-likeness (QED) is 0.111. The van der Waals surface area contributed by atoms with Crippen LogP contribution in [0, 0.1) is 17.5 Å². The van der Waals surface area contributed by atoms with Gasteiger partial charge in [-0.1, -0.05) is 17.7 Å². The highest BCUT2D eigenvalue weighted by Gasteiger charge is 2.26. The van der Waals surface area contributed by atoms with E-state index in [1.165, 1.54) is 43.0 Å². The Labute approximate surface area is 270 Å². The summed E-state index contributed by atoms with van der Waals surface area (Å²) in [6, 6.07) is 13.3. The summed E-state index contributed by atoms with van der Waals surface area (Å²) in [5.74, 6) is -1.34. The number of benzene rings is 3. The maximum atomic E-state index is 15.0. The molecule has 3 aromatic carbocycles. The van der Waals surface area contributed by atoms with Crippen LogP contribution in [-0.2, 0) is 20.7 Å². The number of methoxy groups -OCH3 is 1. The minimum Gasteiger partial charge on any atom is -0.467 e. The molecule has 0 bridgehead atoms. The van der Waals surface area contributed by atoms with E-state index in [4.69, 9.17) is 21.1 Å². The van der Waals surface area contributed by atoms with Crippen molar-refractivity contribution in [2.75, 3.05) is 22.9 Å². The summed E-state index contributed by atoms with van der Waals surface area (Å²) >= 11 is 8.69. The van der Waals surface area contributed by atoms with E-state index in [0.717, 1.165) is 28.7 Å². The molecule has 0 heterocycles. The number of carbonyl (C=O) groups is 2. The molecule has 2 unspecified atom stereocenters. The zero-order valence-electron chi connectivity index (χ0n) is 25.2. The molecule has 0 aromatic heterocycles. The fourth-order valence-electron chi connectivity index (χ4n) is 4.25. The predicted molar refractivity (Wildman–Crippen MR) is 172 cm³/mol. The van der Waals surface area contributed by atoms with Crippen LogP contribution in [0.3, 0.4) is 0 Å². The van der Waals surface area contributed by atoms with Gasteiger partial charge in [0, 0.05) is 21.7 Å². The summed E-state index contributed by atoms with van der Waals surface area (Å²) in [5.41, 5.74) is 0.796. The van der Waals surface area contributed by atoms with Crippen molar-refractivity contribution in [3.05, 3.63) is 94.3 Å². The second kappa shape index (κ2) is 16.3. The molecule has 44 heavy (non-hydrogen) atoms. The molecule has 0 saturated heterocycles. The average molecular weight is 669 g/mol. The lowest BCUT2D eigenvalue weighted by Crippen LogP contribution is -2.45. The average Bonchev–Trinajstić information content (AvgIpc) is 2.96. The molecule has 0 spiro atoms. The van der Waals surface area contributed by atoms with Crippen molar-refractivity contribution in [3.8, 4) is 0 Å². The number of thioether (sulfide) groups is 1. The molecule has 2 atom stereocenters. The second-order valence-electron chi connectivity index (χ2n) is 10.9. The molecule has 0 aliphatic rings. The van der Waals surface area contributed by atoms with Crippen LogP contribution in [0.1, 0.15) is 51.3 Å². The Bertz CT molecular complexity index is 1420. The largest absolute Gasteiger partial charge is 0.467 e. The van der Waals surface area contributed by atoms with Gasteiger partial charge in [-0.3, -0.25) is 0 Å². The summed E-state index contributed by atoms with van der Waals surface area (Å²) in [6.07, 6.45) is 0.382. The van der Waals surface area contributed by atoms with E-state index in [9.17, 15) is 18.4 Å². The highest BCUT2D eigenvalue weighted by molar-refractivity contribution is 8.00. The van der Waals surface area contributed by atoms with E-state index in [0.29, 0.717) is 29.2 Å². The van der Waals surface area contributed by atoms with Crippen molar-refractivity contribution < 1.29 is 32.2 Å². The fraction of sp³-hybridized carbons (Fsp3) is 0.375. The van der Waals surface area contributed by atoms with Crippen molar-refractivity contribution in [2.24, 2.45) is 0 Å². The Morgan fingerprint density at radius 2 is 1.66 bits per heavy atom. The Kier molecular flexibility index (Phi) is 13.2. The smallest absolute Gasteiger partial charge is 0.408 e. The summed E-state index contributed by atoms with van der Waals surface area (Å²) in [5, 5.41) is 3.09. The van der Waals surface area contributed by atoms with Gasteiger partial charge in [-0.2, -0.15) is 11.8 Å². The van der Waals surface area contributed by atoms with Gasteiger partial charge in [0.05, 0.1) is 18.8 Å². The molecule has 0 aliphatic heterocycles. The van der Waals surface area contributed by atoms with Crippen LogP contribution in [0.5, 0.6) is 0 Å². The molecule has 0 saturated carbocycles. The molecule has 3 rings (SSSR count). The minimum absolute atomic E-state index is 0.0506. The van der Waals surface area contributed by atoms with E-state index in [1.807, 2.05) is 6.92 Å². The lowest BCUT2D eigenvalue weighted by molar-refractivity contribution is -0.142. The van der Waals surface area contributed by atoms with E-state index in [1.54, 1.807) is 55.4 Å². The maximum Gasteiger partial charge on any atom is 0.408 e. The van der Waals surface area contributed by atoms with Crippen LogP contribution in [0.25, 0.3) is 0 Å². The minimum atomic E-state index is -0.899. The van der Waals surface area contributed by atoms with Gasteiger partial charge in [0.25, 0.3) is 0 Å². The molecule has 12 heteroatoms. The van der Waals surface area contributed by atoms with Crippen LogP contribution in [-0.4, -0.2) is 42.3 Å². The topological polar surface area (TPSA) is 67.9 Å². The number of rotatable bonds is 13. The van der Waals surface area contributed by atoms with Crippen molar-refractivity contribution in [2.45, 2.75) is 63.1 Å². The number of anilines is 1. The van der Waals surface area contributed by atoms with Crippen LogP contribution in [0.2, 0.25) is 5.02 Å². The first-order valence-electron chi connectivity index (χ1n) is 13.9. The number of ether oxygens (including phenoxy) is 2. The van der Waals surface area contributed by atoms with Crippen molar-refractivity contribution in [3.63, 3.8) is 0 Å². The van der Waals surface area contributed by atoms with Crippen LogP contribution in [0.15, 0.2) is 65.6 Å². The number of nitrogens with zero attached hydrogens (tertiary/aromatic N) is 1. The van der Waals surface area contributed by atoms with E-state index < -0.39 is 47.2 Å². The Balaban J connectivity index is 1.74. The standard InChI is InChI=1S/C32H36ClF3N2O4S2/c1-20(38(29-18-24(35)11-15-27(29)36)44-25-12-8-22(33)9-13-25)26-14-10-23(34)17-21(26)7-6-16-43-19-28(30(39)41-5)37-31(40)42-32(2,3)4/h8-15,17-18,20,28H,6-7,16,19H2,1-5H3,(H,37,40). The first-order chi connectivity index (χ1) is 20.8. The number of aryl methyl sites for hydroxylation is 1. The first-order valence-corrected chi connectivity index (χ1v) is 16.2. The van der Waals surface area contributed by atoms with Gasteiger partial charge in [0.2, 0.25) is 0 Å². The third-order valence-corrected chi connectivity index (χ3v) is 8.86. The SMILES string of the molecule is COC(=O)C(CSCCCc1cc(F)ccc1C(C)N(Sc1ccc(Cl)cc1)c1cc(F)ccc1F)NC(=O)OC(C)(C)C. The Morgan fingerprint density at radius 1 is 1.00 bits per heavy atom. The predicted octanol–water partition coefficient (Wildman–Crippen LogP) is 8.76. The Morgan fingerprint density at radius 3 is 2.32 bits per heavy atom. The monoisotopic (exact) mass is 668 g/mol. The van der Waals surface area contributed by atoms with Gasteiger partial charge < -0.3 is 19.1 Å². The molecule has 0 radical (unpaired) electrons. The number of halogens is 4. The molecule has 1 amide bonds. The van der Waals surface area contributed by atoms with Crippen molar-refractivity contribution in [1.82, 2.24) is 5.32 Å². The second-order valence-corrected chi connectivity index (χ2v) is 13.5. The molecule has 6 nitrogen and oxygen atoms in total. The van der Waals surface area contributed by atoms with Gasteiger partial charge in [-0.25, -0.2) is 22.8 Å². The number of alkyl carbamates (subject to hydrolysis) is 1. The summed E-state index contributed by atoms with van der Waals surface area (Å²) < 4.78 is 55.5. The van der Waals surface area contributed by atoms with E-state index in [-0.39, 0.29) is 11.4 Å². The number of carbonyl (C=O) groups excluding carboxylic acids is 2. The molecule has 3 aromatic rings. The highest BCUT2D eigenvalue weighted by atomic mass is 35.5. The molecule has 238 valence electrons. The van der Waals surface area contributed by atoms with Crippen molar-refractivity contribution in [1.29, 1.82) is 0 Å². The van der Waals surface area contributed by atoms with E-state index in [2.05, 4.69) is 5.32 Å². The molecule has 0 fully saturated rings. The van der Waals surface area contributed by atoms with Crippen molar-refractivity contribution >= 4 is 53.1 Å². The van der Waals surface area contributed by atoms with Crippen LogP contribution >= 0.6 is 35.3 Å². The third-order valence-electron chi connectivity index (χ3n) is 6.27. The number of hydrogen-bond acceptors (Lipinski definition) is 7. The van der Waals surface area contributed by atoms with Gasteiger partial charge in [0.15, 0.2) is 0 Å². The van der Waals surface area contributed by atoms with Gasteiger partial charge in [0.1, 0.15) is 29.1 Å². The van der Waals surface area contributed by atoms with Crippen LogP contribution < -0.4 is 9.62 Å². The maximum absolute atomic E-state index is 15.0. The summed E-state index contributed by atoms with van der Waals surface area (Å²) in [4.78, 5) is 25.2. The molecule has 1 N–H and O–H groups in total.